The molecule has 0 aromatic carbocycles. The van der Waals surface area contributed by atoms with Crippen LogP contribution in [0.1, 0.15) is 0 Å². The van der Waals surface area contributed by atoms with Gasteiger partial charge in [0, 0.05) is 14.2 Å². The second-order valence-corrected chi connectivity index (χ2v) is 6.01. The van der Waals surface area contributed by atoms with Crippen molar-refractivity contribution in [2.45, 2.75) is 6.36 Å². The van der Waals surface area contributed by atoms with Crippen molar-refractivity contribution in [3.8, 4) is 0 Å². The molecule has 0 aliphatic rings. The van der Waals surface area contributed by atoms with Crippen molar-refractivity contribution in [2.24, 2.45) is 0 Å². The van der Waals surface area contributed by atoms with Gasteiger partial charge in [0.2, 0.25) is 0 Å². The maximum Gasteiger partial charge on any atom is 0.537 e. The Morgan fingerprint density at radius 1 is 1.18 bits per heavy atom. The van der Waals surface area contributed by atoms with Crippen LogP contribution in [0.25, 0.3) is 0 Å². The van der Waals surface area contributed by atoms with Gasteiger partial charge < -0.3 is 0 Å². The maximum atomic E-state index is 11.6. The van der Waals surface area contributed by atoms with Gasteiger partial charge in [-0.3, -0.25) is 13.6 Å². The summed E-state index contributed by atoms with van der Waals surface area (Å²) in [6, 6.07) is 0. The molecule has 0 N–H and O–H groups in total. The van der Waals surface area contributed by atoms with Gasteiger partial charge in [0.25, 0.3) is 10.1 Å². The Bertz CT molecular complexity index is 369. The molecule has 0 bridgehead atoms. The SMILES string of the molecule is COP(=O)(OC)OCCS(=O)(=O)OC(F)(F)F. The minimum Gasteiger partial charge on any atom is -0.290 e. The molecule has 0 saturated carbocycles. The van der Waals surface area contributed by atoms with Crippen LogP contribution in [0.2, 0.25) is 0 Å². The summed E-state index contributed by atoms with van der Waals surface area (Å²) in [7, 11) is -6.85. The normalized spacial score (nSPS) is 13.9. The first kappa shape index (κ1) is 16.8. The number of halogens is 3. The highest BCUT2D eigenvalue weighted by atomic mass is 32.2. The highest BCUT2D eigenvalue weighted by Crippen LogP contribution is 2.47. The predicted molar refractivity (Wildman–Crippen MR) is 48.5 cm³/mol. The van der Waals surface area contributed by atoms with E-state index in [0.717, 1.165) is 14.2 Å². The summed E-state index contributed by atoms with van der Waals surface area (Å²) >= 11 is 0. The van der Waals surface area contributed by atoms with E-state index in [1.54, 1.807) is 0 Å². The fourth-order valence-corrected chi connectivity index (χ4v) is 2.07. The Morgan fingerprint density at radius 2 is 1.65 bits per heavy atom. The second kappa shape index (κ2) is 6.12. The Hall–Kier alpha value is -0.190. The fraction of sp³-hybridized carbons (Fsp3) is 1.00. The van der Waals surface area contributed by atoms with E-state index in [0.29, 0.717) is 0 Å². The molecule has 17 heavy (non-hydrogen) atoms. The lowest BCUT2D eigenvalue weighted by molar-refractivity contribution is -0.271. The largest absolute Gasteiger partial charge is 0.537 e. The average molecular weight is 302 g/mol. The third kappa shape index (κ3) is 7.68. The van der Waals surface area contributed by atoms with E-state index in [2.05, 4.69) is 17.8 Å². The summed E-state index contributed by atoms with van der Waals surface area (Å²) in [6.07, 6.45) is -5.31. The van der Waals surface area contributed by atoms with Gasteiger partial charge in [-0.05, 0) is 0 Å². The van der Waals surface area contributed by atoms with Crippen molar-refractivity contribution in [1.29, 1.82) is 0 Å². The van der Waals surface area contributed by atoms with Crippen molar-refractivity contribution >= 4 is 17.9 Å². The monoisotopic (exact) mass is 302 g/mol. The van der Waals surface area contributed by atoms with Gasteiger partial charge in [-0.15, -0.1) is 13.2 Å². The van der Waals surface area contributed by atoms with Crippen molar-refractivity contribution < 1.29 is 43.9 Å². The molecule has 0 radical (unpaired) electrons. The zero-order valence-electron chi connectivity index (χ0n) is 8.76. The van der Waals surface area contributed by atoms with E-state index >= 15 is 0 Å². The maximum absolute atomic E-state index is 11.6. The molecule has 0 spiro atoms. The molecule has 0 aliphatic heterocycles. The standard InChI is InChI=1S/C5H10F3O7PS/c1-12-16(9,13-2)14-3-4-17(10,11)15-5(6,7)8/h3-4H2,1-2H3. The third-order valence-corrected chi connectivity index (χ3v) is 3.75. The van der Waals surface area contributed by atoms with E-state index < -0.39 is 36.7 Å². The topological polar surface area (TPSA) is 88.1 Å². The molecule has 0 saturated heterocycles. The summed E-state index contributed by atoms with van der Waals surface area (Å²) in [5, 5.41) is 0. The molecule has 0 unspecified atom stereocenters. The molecule has 7 nitrogen and oxygen atoms in total. The smallest absolute Gasteiger partial charge is 0.290 e. The zero-order chi connectivity index (χ0) is 13.7. The molecule has 0 heterocycles. The van der Waals surface area contributed by atoms with Crippen molar-refractivity contribution in [3.05, 3.63) is 0 Å². The first-order chi connectivity index (χ1) is 7.54. The quantitative estimate of drug-likeness (QED) is 0.517. The number of phosphoric ester groups is 1. The van der Waals surface area contributed by atoms with Gasteiger partial charge >= 0.3 is 14.2 Å². The van der Waals surface area contributed by atoms with Crippen LogP contribution in [-0.4, -0.2) is 41.4 Å². The number of hydrogen-bond donors (Lipinski definition) is 0. The second-order valence-electron chi connectivity index (χ2n) is 2.44. The molecule has 0 aliphatic carbocycles. The molecular formula is C5H10F3O7PS. The summed E-state index contributed by atoms with van der Waals surface area (Å²) in [4.78, 5) is 0. The number of rotatable bonds is 7. The molecule has 104 valence electrons. The molecule has 0 rings (SSSR count). The molecule has 0 aromatic heterocycles. The molecule has 0 atom stereocenters. The Kier molecular flexibility index (Phi) is 6.05. The van der Waals surface area contributed by atoms with Crippen LogP contribution in [-0.2, 0) is 32.4 Å². The number of alkyl halides is 3. The first-order valence-corrected chi connectivity index (χ1v) is 6.93. The van der Waals surface area contributed by atoms with E-state index in [9.17, 15) is 26.2 Å². The molecule has 12 heteroatoms. The summed E-state index contributed by atoms with van der Waals surface area (Å²) in [5.41, 5.74) is 0. The highest BCUT2D eigenvalue weighted by molar-refractivity contribution is 7.86. The van der Waals surface area contributed by atoms with Crippen LogP contribution in [0.15, 0.2) is 0 Å². The fourth-order valence-electron chi connectivity index (χ4n) is 0.617. The summed E-state index contributed by atoms with van der Waals surface area (Å²) in [5.74, 6) is -1.15. The van der Waals surface area contributed by atoms with Crippen LogP contribution < -0.4 is 0 Å². The lowest BCUT2D eigenvalue weighted by Gasteiger charge is -2.13. The van der Waals surface area contributed by atoms with Gasteiger partial charge in [-0.2, -0.15) is 12.6 Å². The lowest BCUT2D eigenvalue weighted by atomic mass is 10.9. The van der Waals surface area contributed by atoms with E-state index in [1.165, 1.54) is 0 Å². The molecule has 0 fully saturated rings. The van der Waals surface area contributed by atoms with Gasteiger partial charge in [0.05, 0.1) is 12.4 Å². The zero-order valence-corrected chi connectivity index (χ0v) is 10.5. The van der Waals surface area contributed by atoms with Crippen LogP contribution >= 0.6 is 7.82 Å². The van der Waals surface area contributed by atoms with Crippen molar-refractivity contribution in [2.75, 3.05) is 26.6 Å². The Morgan fingerprint density at radius 3 is 2.00 bits per heavy atom. The predicted octanol–water partition coefficient (Wildman–Crippen LogP) is 1.27. The van der Waals surface area contributed by atoms with Gasteiger partial charge in [-0.25, -0.2) is 4.57 Å². The third-order valence-electron chi connectivity index (χ3n) is 1.25. The lowest BCUT2D eigenvalue weighted by Crippen LogP contribution is -2.23. The van der Waals surface area contributed by atoms with Gasteiger partial charge in [-0.1, -0.05) is 0 Å². The summed E-state index contributed by atoms with van der Waals surface area (Å²) in [6.45, 7) is -0.836. The van der Waals surface area contributed by atoms with Crippen LogP contribution in [0.5, 0.6) is 0 Å². The van der Waals surface area contributed by atoms with E-state index in [4.69, 9.17) is 0 Å². The Labute approximate surface area is 95.5 Å². The van der Waals surface area contributed by atoms with Crippen molar-refractivity contribution in [3.63, 3.8) is 0 Å². The average Bonchev–Trinajstić information content (AvgIpc) is 2.13. The van der Waals surface area contributed by atoms with Crippen LogP contribution in [0.4, 0.5) is 13.2 Å². The van der Waals surface area contributed by atoms with E-state index in [1.807, 2.05) is 0 Å². The minimum atomic E-state index is -5.31. The number of phosphoric acid groups is 1. The van der Waals surface area contributed by atoms with E-state index in [-0.39, 0.29) is 0 Å². The molecular weight excluding hydrogens is 292 g/mol. The minimum absolute atomic E-state index is 0.836. The molecule has 0 amide bonds. The highest BCUT2D eigenvalue weighted by Gasteiger charge is 2.37. The molecule has 0 aromatic rings. The van der Waals surface area contributed by atoms with Crippen LogP contribution in [0, 0.1) is 0 Å². The van der Waals surface area contributed by atoms with Crippen molar-refractivity contribution in [1.82, 2.24) is 0 Å². The Balaban J connectivity index is 4.26. The van der Waals surface area contributed by atoms with Crippen LogP contribution in [0.3, 0.4) is 0 Å². The number of hydrogen-bond acceptors (Lipinski definition) is 7. The van der Waals surface area contributed by atoms with Gasteiger partial charge in [0.15, 0.2) is 0 Å². The first-order valence-electron chi connectivity index (χ1n) is 3.90. The van der Waals surface area contributed by atoms with Gasteiger partial charge in [0.1, 0.15) is 0 Å². The summed E-state index contributed by atoms with van der Waals surface area (Å²) < 4.78 is 83.1.